The summed E-state index contributed by atoms with van der Waals surface area (Å²) < 4.78 is 30.7. The molecule has 3 aromatic rings. The lowest BCUT2D eigenvalue weighted by molar-refractivity contribution is 0.161. The predicted octanol–water partition coefficient (Wildman–Crippen LogP) is 0.104. The van der Waals surface area contributed by atoms with E-state index in [1.54, 1.807) is 0 Å². The van der Waals surface area contributed by atoms with Crippen LogP contribution in [0, 0.1) is 16.7 Å². The highest BCUT2D eigenvalue weighted by molar-refractivity contribution is 7.89. The Morgan fingerprint density at radius 3 is 2.62 bits per heavy atom. The number of imidazole rings is 1. The van der Waals surface area contributed by atoms with Crippen LogP contribution in [0.5, 0.6) is 0 Å². The number of nitrogens with two attached hydrogens (primary N) is 1. The van der Waals surface area contributed by atoms with Crippen molar-refractivity contribution in [2.24, 2.45) is 5.41 Å². The number of aromatic nitrogens is 4. The second kappa shape index (κ2) is 6.59. The van der Waals surface area contributed by atoms with Crippen LogP contribution in [0.4, 0.5) is 5.82 Å². The fraction of sp³-hybridized carbons (Fsp3) is 0.368. The minimum Gasteiger partial charge on any atom is -0.381 e. The van der Waals surface area contributed by atoms with Gasteiger partial charge in [0.2, 0.25) is 10.0 Å². The highest BCUT2D eigenvalue weighted by Crippen LogP contribution is 2.61. The zero-order valence-corrected chi connectivity index (χ0v) is 17.8. The van der Waals surface area contributed by atoms with Crippen LogP contribution in [0.3, 0.4) is 0 Å². The summed E-state index contributed by atoms with van der Waals surface area (Å²) in [6.07, 6.45) is 5.08. The van der Waals surface area contributed by atoms with Crippen molar-refractivity contribution in [1.82, 2.24) is 24.3 Å². The van der Waals surface area contributed by atoms with Crippen LogP contribution in [0.2, 0.25) is 0 Å². The molecule has 0 aliphatic heterocycles. The number of nitrogens with one attached hydrogen (secondary N) is 1. The summed E-state index contributed by atoms with van der Waals surface area (Å²) in [5.41, 5.74) is 6.20. The second-order valence-electron chi connectivity index (χ2n) is 8.80. The normalized spacial score (nSPS) is 24.8. The summed E-state index contributed by atoms with van der Waals surface area (Å²) in [7, 11) is 14.0. The SMILES string of the molecule is [B]C([B])([B])c1ccc(S(=O)(=O)NC23CCC(C#N)(C2)C3)cc1-c1cnc2c(N)ncnn12. The van der Waals surface area contributed by atoms with Crippen LogP contribution in [0.15, 0.2) is 35.6 Å². The topological polar surface area (TPSA) is 139 Å². The van der Waals surface area contributed by atoms with E-state index in [4.69, 9.17) is 29.3 Å². The lowest BCUT2D eigenvalue weighted by Gasteiger charge is -2.43. The molecule has 0 spiro atoms. The van der Waals surface area contributed by atoms with E-state index in [0.29, 0.717) is 48.2 Å². The molecule has 2 aromatic heterocycles. The molecule has 2 bridgehead atoms. The molecule has 0 atom stereocenters. The Labute approximate surface area is 189 Å². The maximum absolute atomic E-state index is 13.3. The number of nitriles is 1. The molecule has 0 saturated heterocycles. The van der Waals surface area contributed by atoms with E-state index in [0.717, 1.165) is 0 Å². The second-order valence-corrected chi connectivity index (χ2v) is 10.5. The standard InChI is InChI=1S/C19H16B3N7O2S/c20-19(21,22)13-2-1-11(32(30,31)28-18-4-3-17(7-18,8-18)9-23)5-12(13)14-6-25-16-15(24)26-10-27-29(14)16/h1-2,5-6,10,28H,3-4,7-8H2,(H2,24,26,27). The Morgan fingerprint density at radius 2 is 1.97 bits per heavy atom. The molecule has 1 aromatic carbocycles. The van der Waals surface area contributed by atoms with Crippen molar-refractivity contribution in [2.75, 3.05) is 5.73 Å². The number of sulfonamides is 1. The maximum Gasteiger partial charge on any atom is 0.241 e. The molecule has 3 saturated carbocycles. The summed E-state index contributed by atoms with van der Waals surface area (Å²) in [6.45, 7) is 0. The number of anilines is 1. The summed E-state index contributed by atoms with van der Waals surface area (Å²) >= 11 is 0. The number of rotatable bonds is 5. The number of nitrogens with zero attached hydrogens (tertiary/aromatic N) is 5. The molecule has 3 aliphatic carbocycles. The number of nitrogen functional groups attached to an aromatic ring is 1. The molecule has 0 unspecified atom stereocenters. The molecular formula is C19H16B3N7O2S. The molecule has 2 heterocycles. The quantitative estimate of drug-likeness (QED) is 0.538. The molecule has 6 radical (unpaired) electrons. The summed E-state index contributed by atoms with van der Waals surface area (Å²) in [4.78, 5) is 8.13. The first kappa shape index (κ1) is 21.0. The van der Waals surface area contributed by atoms with Crippen LogP contribution in [-0.2, 0) is 15.1 Å². The van der Waals surface area contributed by atoms with E-state index in [1.807, 2.05) is 0 Å². The average Bonchev–Trinajstić information content (AvgIpc) is 3.38. The van der Waals surface area contributed by atoms with Crippen LogP contribution in [0.25, 0.3) is 16.9 Å². The Morgan fingerprint density at radius 1 is 1.22 bits per heavy atom. The summed E-state index contributed by atoms with van der Waals surface area (Å²) in [5, 5.41) is 11.8. The first-order valence-electron chi connectivity index (χ1n) is 9.89. The van der Waals surface area contributed by atoms with Gasteiger partial charge in [-0.15, -0.1) is 5.11 Å². The first-order valence-corrected chi connectivity index (χ1v) is 11.4. The van der Waals surface area contributed by atoms with Gasteiger partial charge >= 0.3 is 0 Å². The van der Waals surface area contributed by atoms with Gasteiger partial charge in [-0.1, -0.05) is 11.6 Å². The number of fused-ring (bicyclic) bond motifs is 2. The van der Waals surface area contributed by atoms with Gasteiger partial charge in [-0.3, -0.25) is 0 Å². The average molecular weight is 439 g/mol. The molecule has 0 amide bonds. The zero-order valence-electron chi connectivity index (χ0n) is 17.0. The lowest BCUT2D eigenvalue weighted by atomic mass is 9.39. The molecule has 9 nitrogen and oxygen atoms in total. The smallest absolute Gasteiger partial charge is 0.241 e. The van der Waals surface area contributed by atoms with Crippen LogP contribution in [-0.4, -0.2) is 57.1 Å². The van der Waals surface area contributed by atoms with Gasteiger partial charge in [0.25, 0.3) is 0 Å². The van der Waals surface area contributed by atoms with Crippen molar-refractivity contribution >= 4 is 45.0 Å². The molecule has 154 valence electrons. The minimum atomic E-state index is -3.91. The van der Waals surface area contributed by atoms with Crippen molar-refractivity contribution in [2.45, 2.75) is 41.2 Å². The molecule has 13 heteroatoms. The van der Waals surface area contributed by atoms with Gasteiger partial charge in [-0.05, 0) is 37.8 Å². The molecule has 3 fully saturated rings. The van der Waals surface area contributed by atoms with Crippen molar-refractivity contribution in [3.8, 4) is 17.3 Å². The van der Waals surface area contributed by atoms with Gasteiger partial charge < -0.3 is 5.73 Å². The molecular weight excluding hydrogens is 423 g/mol. The predicted molar refractivity (Wildman–Crippen MR) is 119 cm³/mol. The third kappa shape index (κ3) is 3.12. The Kier molecular flexibility index (Phi) is 4.33. The Hall–Kier alpha value is -2.84. The Balaban J connectivity index is 1.60. The van der Waals surface area contributed by atoms with Gasteiger partial charge in [-0.2, -0.15) is 10.4 Å². The van der Waals surface area contributed by atoms with E-state index < -0.39 is 26.1 Å². The monoisotopic (exact) mass is 439 g/mol. The van der Waals surface area contributed by atoms with E-state index in [-0.39, 0.29) is 10.7 Å². The van der Waals surface area contributed by atoms with Gasteiger partial charge in [0, 0.05) is 11.1 Å². The van der Waals surface area contributed by atoms with Crippen molar-refractivity contribution < 1.29 is 8.42 Å². The summed E-state index contributed by atoms with van der Waals surface area (Å²) in [6, 6.07) is 6.63. The van der Waals surface area contributed by atoms with Crippen molar-refractivity contribution in [1.29, 1.82) is 5.26 Å². The van der Waals surface area contributed by atoms with E-state index in [9.17, 15) is 13.7 Å². The fourth-order valence-electron chi connectivity index (χ4n) is 4.98. The third-order valence-corrected chi connectivity index (χ3v) is 7.97. The van der Waals surface area contributed by atoms with Crippen molar-refractivity contribution in [3.63, 3.8) is 0 Å². The molecule has 3 N–H and O–H groups in total. The molecule has 6 rings (SSSR count). The van der Waals surface area contributed by atoms with Gasteiger partial charge in [-0.25, -0.2) is 27.6 Å². The lowest BCUT2D eigenvalue weighted by Crippen LogP contribution is -2.55. The third-order valence-electron chi connectivity index (χ3n) is 6.40. The maximum atomic E-state index is 13.3. The largest absolute Gasteiger partial charge is 0.381 e. The van der Waals surface area contributed by atoms with E-state index in [1.165, 1.54) is 35.2 Å². The van der Waals surface area contributed by atoms with Gasteiger partial charge in [0.1, 0.15) is 6.33 Å². The van der Waals surface area contributed by atoms with Gasteiger partial charge in [0.15, 0.2) is 11.5 Å². The van der Waals surface area contributed by atoms with E-state index >= 15 is 0 Å². The molecule has 3 aliphatic rings. The highest BCUT2D eigenvalue weighted by atomic mass is 32.2. The van der Waals surface area contributed by atoms with Crippen LogP contribution in [0.1, 0.15) is 31.2 Å². The minimum absolute atomic E-state index is 0.00760. The molecule has 32 heavy (non-hydrogen) atoms. The zero-order chi connectivity index (χ0) is 22.9. The summed E-state index contributed by atoms with van der Waals surface area (Å²) in [5.74, 6) is 0.157. The Bertz CT molecular complexity index is 1400. The number of hydrogen-bond acceptors (Lipinski definition) is 7. The van der Waals surface area contributed by atoms with Crippen LogP contribution >= 0.6 is 0 Å². The number of hydrogen-bond donors (Lipinski definition) is 2. The first-order chi connectivity index (χ1) is 15.0. The van der Waals surface area contributed by atoms with Gasteiger partial charge in [0.05, 0.1) is 51.8 Å². The van der Waals surface area contributed by atoms with E-state index in [2.05, 4.69) is 25.9 Å². The van der Waals surface area contributed by atoms with Crippen molar-refractivity contribution in [3.05, 3.63) is 36.3 Å². The highest BCUT2D eigenvalue weighted by Gasteiger charge is 2.62. The number of benzene rings is 1. The van der Waals surface area contributed by atoms with Crippen LogP contribution < -0.4 is 10.5 Å². The fourth-order valence-corrected chi connectivity index (χ4v) is 6.43.